The Bertz CT molecular complexity index is 174. The van der Waals surface area contributed by atoms with Gasteiger partial charge in [0.05, 0.1) is 6.61 Å². The highest BCUT2D eigenvalue weighted by Gasteiger charge is 2.09. The molecule has 0 aromatic rings. The Hall–Kier alpha value is -0.170. The van der Waals surface area contributed by atoms with Crippen LogP contribution in [0.15, 0.2) is 0 Å². The van der Waals surface area contributed by atoms with Crippen LogP contribution in [0.2, 0.25) is 0 Å². The van der Waals surface area contributed by atoms with Crippen LogP contribution in [-0.4, -0.2) is 15.0 Å². The Morgan fingerprint density at radius 2 is 2.00 bits per heavy atom. The molecule has 0 aliphatic heterocycles. The maximum atomic E-state index is 10.3. The number of hydrogen-bond donors (Lipinski definition) is 1. The predicted molar refractivity (Wildman–Crippen MR) is 35.0 cm³/mol. The van der Waals surface area contributed by atoms with Gasteiger partial charge in [0.1, 0.15) is 0 Å². The Balaban J connectivity index is 3.70. The third-order valence-electron chi connectivity index (χ3n) is 0.664. The zero-order valence-electron chi connectivity index (χ0n) is 5.90. The highest BCUT2D eigenvalue weighted by atomic mass is 32.3. The van der Waals surface area contributed by atoms with Gasteiger partial charge in [0.15, 0.2) is 0 Å². The van der Waals surface area contributed by atoms with E-state index in [1.54, 1.807) is 0 Å². The van der Waals surface area contributed by atoms with Crippen LogP contribution in [0.5, 0.6) is 0 Å². The van der Waals surface area contributed by atoms with Crippen LogP contribution in [0.4, 0.5) is 0 Å². The standard InChI is InChI=1S/C4H11NO4S/c1-4(2)3-8-10(6,7)9-5/h4H,3,5H2,1-2H3. The summed E-state index contributed by atoms with van der Waals surface area (Å²) in [6.45, 7) is 3.71. The van der Waals surface area contributed by atoms with Gasteiger partial charge in [-0.15, -0.1) is 0 Å². The second-order valence-electron chi connectivity index (χ2n) is 2.18. The molecular weight excluding hydrogens is 158 g/mol. The summed E-state index contributed by atoms with van der Waals surface area (Å²) in [7, 11) is -3.94. The van der Waals surface area contributed by atoms with E-state index in [-0.39, 0.29) is 12.5 Å². The highest BCUT2D eigenvalue weighted by Crippen LogP contribution is 1.97. The molecule has 0 saturated carbocycles. The second kappa shape index (κ2) is 3.87. The van der Waals surface area contributed by atoms with Gasteiger partial charge in [-0.3, -0.25) is 0 Å². The van der Waals surface area contributed by atoms with Gasteiger partial charge in [0.2, 0.25) is 0 Å². The molecule has 10 heavy (non-hydrogen) atoms. The maximum Gasteiger partial charge on any atom is 0.415 e. The Morgan fingerprint density at radius 1 is 1.50 bits per heavy atom. The van der Waals surface area contributed by atoms with Gasteiger partial charge < -0.3 is 0 Å². The van der Waals surface area contributed by atoms with Gasteiger partial charge in [-0.1, -0.05) is 13.8 Å². The lowest BCUT2D eigenvalue weighted by atomic mass is 10.2. The summed E-state index contributed by atoms with van der Waals surface area (Å²) in [4.78, 5) is 0. The lowest BCUT2D eigenvalue weighted by Crippen LogP contribution is -2.16. The topological polar surface area (TPSA) is 78.6 Å². The molecule has 0 spiro atoms. The van der Waals surface area contributed by atoms with Crippen molar-refractivity contribution in [1.82, 2.24) is 0 Å². The predicted octanol–water partition coefficient (Wildman–Crippen LogP) is -0.206. The zero-order chi connectivity index (χ0) is 8.20. The Kier molecular flexibility index (Phi) is 3.80. The van der Waals surface area contributed by atoms with Crippen molar-refractivity contribution in [3.63, 3.8) is 0 Å². The van der Waals surface area contributed by atoms with E-state index in [0.29, 0.717) is 0 Å². The third-order valence-corrected chi connectivity index (χ3v) is 1.32. The van der Waals surface area contributed by atoms with Gasteiger partial charge in [0.25, 0.3) is 0 Å². The summed E-state index contributed by atoms with van der Waals surface area (Å²) in [5.74, 6) is 4.51. The molecule has 62 valence electrons. The minimum absolute atomic E-state index is 0.0829. The van der Waals surface area contributed by atoms with Gasteiger partial charge in [-0.05, 0) is 5.92 Å². The first-order valence-corrected chi connectivity index (χ1v) is 4.09. The van der Waals surface area contributed by atoms with Crippen molar-refractivity contribution in [2.45, 2.75) is 13.8 Å². The monoisotopic (exact) mass is 169 g/mol. The van der Waals surface area contributed by atoms with E-state index in [0.717, 1.165) is 0 Å². The average Bonchev–Trinajstić information content (AvgIpc) is 1.85. The zero-order valence-corrected chi connectivity index (χ0v) is 6.72. The largest absolute Gasteiger partial charge is 0.415 e. The third kappa shape index (κ3) is 4.68. The van der Waals surface area contributed by atoms with Crippen molar-refractivity contribution in [3.8, 4) is 0 Å². The Labute approximate surface area is 60.4 Å². The highest BCUT2D eigenvalue weighted by molar-refractivity contribution is 7.81. The lowest BCUT2D eigenvalue weighted by molar-refractivity contribution is 0.199. The molecule has 0 aliphatic rings. The van der Waals surface area contributed by atoms with E-state index >= 15 is 0 Å². The van der Waals surface area contributed by atoms with Gasteiger partial charge in [0, 0.05) is 0 Å². The van der Waals surface area contributed by atoms with E-state index in [4.69, 9.17) is 0 Å². The summed E-state index contributed by atoms with van der Waals surface area (Å²) in [5, 5.41) is 0. The van der Waals surface area contributed by atoms with Gasteiger partial charge in [-0.2, -0.15) is 18.6 Å². The van der Waals surface area contributed by atoms with Crippen molar-refractivity contribution in [1.29, 1.82) is 0 Å². The minimum Gasteiger partial charge on any atom is -0.247 e. The molecule has 0 aromatic carbocycles. The van der Waals surface area contributed by atoms with Crippen LogP contribution in [-0.2, 0) is 18.9 Å². The van der Waals surface area contributed by atoms with Crippen molar-refractivity contribution in [3.05, 3.63) is 0 Å². The summed E-state index contributed by atoms with van der Waals surface area (Å²) in [6, 6.07) is 0. The van der Waals surface area contributed by atoms with E-state index in [9.17, 15) is 8.42 Å². The maximum absolute atomic E-state index is 10.3. The molecule has 0 amide bonds. The molecule has 0 heterocycles. The number of hydrogen-bond acceptors (Lipinski definition) is 5. The van der Waals surface area contributed by atoms with E-state index in [1.807, 2.05) is 13.8 Å². The van der Waals surface area contributed by atoms with E-state index in [1.165, 1.54) is 0 Å². The van der Waals surface area contributed by atoms with Gasteiger partial charge in [-0.25, -0.2) is 4.18 Å². The van der Waals surface area contributed by atoms with Crippen LogP contribution in [0.3, 0.4) is 0 Å². The van der Waals surface area contributed by atoms with Crippen molar-refractivity contribution >= 4 is 10.4 Å². The average molecular weight is 169 g/mol. The summed E-state index contributed by atoms with van der Waals surface area (Å²) >= 11 is 0. The van der Waals surface area contributed by atoms with Crippen LogP contribution < -0.4 is 5.90 Å². The van der Waals surface area contributed by atoms with Crippen molar-refractivity contribution < 1.29 is 16.9 Å². The quantitative estimate of drug-likeness (QED) is 0.589. The molecule has 0 radical (unpaired) electrons. The fraction of sp³-hybridized carbons (Fsp3) is 1.00. The van der Waals surface area contributed by atoms with Crippen LogP contribution >= 0.6 is 0 Å². The number of rotatable bonds is 4. The van der Waals surface area contributed by atoms with Crippen LogP contribution in [0.1, 0.15) is 13.8 Å². The normalized spacial score (nSPS) is 12.4. The van der Waals surface area contributed by atoms with Crippen LogP contribution in [0, 0.1) is 5.92 Å². The fourth-order valence-corrected chi connectivity index (χ4v) is 0.742. The lowest BCUT2D eigenvalue weighted by Gasteiger charge is -2.03. The summed E-state index contributed by atoms with van der Waals surface area (Å²) < 4.78 is 28.5. The first-order chi connectivity index (χ1) is 4.48. The molecule has 6 heteroatoms. The molecular formula is C4H11NO4S. The van der Waals surface area contributed by atoms with E-state index < -0.39 is 10.4 Å². The van der Waals surface area contributed by atoms with Crippen LogP contribution in [0.25, 0.3) is 0 Å². The smallest absolute Gasteiger partial charge is 0.247 e. The number of nitrogens with two attached hydrogens (primary N) is 1. The first-order valence-electron chi connectivity index (χ1n) is 2.75. The molecule has 0 unspecified atom stereocenters. The first kappa shape index (κ1) is 9.83. The summed E-state index contributed by atoms with van der Waals surface area (Å²) in [6.07, 6.45) is 0. The Morgan fingerprint density at radius 3 is 2.30 bits per heavy atom. The molecule has 5 nitrogen and oxygen atoms in total. The van der Waals surface area contributed by atoms with Crippen molar-refractivity contribution in [2.24, 2.45) is 11.8 Å². The molecule has 0 bridgehead atoms. The minimum atomic E-state index is -3.94. The molecule has 0 saturated heterocycles. The molecule has 2 N–H and O–H groups in total. The van der Waals surface area contributed by atoms with E-state index in [2.05, 4.69) is 14.4 Å². The van der Waals surface area contributed by atoms with Crippen molar-refractivity contribution in [2.75, 3.05) is 6.61 Å². The van der Waals surface area contributed by atoms with Gasteiger partial charge >= 0.3 is 10.4 Å². The molecule has 0 aromatic heterocycles. The summed E-state index contributed by atoms with van der Waals surface area (Å²) in [5.41, 5.74) is 0. The fourth-order valence-electron chi connectivity index (χ4n) is 0.247. The second-order valence-corrected chi connectivity index (χ2v) is 3.43. The molecule has 0 fully saturated rings. The molecule has 0 rings (SSSR count). The molecule has 0 aliphatic carbocycles. The SMILES string of the molecule is CC(C)COS(=O)(=O)ON. The molecule has 0 atom stereocenters.